The monoisotopic (exact) mass is 352 g/mol. The summed E-state index contributed by atoms with van der Waals surface area (Å²) in [7, 11) is 0. The third-order valence-electron chi connectivity index (χ3n) is 4.91. The number of carbonyl (C=O) groups is 1. The SMILES string of the molecule is C[C@H](NC(=O)COc1cccnc1Br)[C@H]1C[C@H]2CC[C@H]1C2. The number of hydrogen-bond acceptors (Lipinski definition) is 3. The number of nitrogens with one attached hydrogen (secondary N) is 1. The van der Waals surface area contributed by atoms with Crippen LogP contribution in [0.5, 0.6) is 5.75 Å². The summed E-state index contributed by atoms with van der Waals surface area (Å²) in [4.78, 5) is 16.1. The van der Waals surface area contributed by atoms with E-state index in [4.69, 9.17) is 4.74 Å². The molecular weight excluding hydrogens is 332 g/mol. The molecular formula is C16H21BrN2O2. The molecule has 2 aliphatic carbocycles. The van der Waals surface area contributed by atoms with E-state index in [1.807, 2.05) is 0 Å². The van der Waals surface area contributed by atoms with Crippen LogP contribution in [0.15, 0.2) is 22.9 Å². The highest BCUT2D eigenvalue weighted by atomic mass is 79.9. The molecule has 0 spiro atoms. The van der Waals surface area contributed by atoms with E-state index < -0.39 is 0 Å². The quantitative estimate of drug-likeness (QED) is 0.828. The zero-order chi connectivity index (χ0) is 14.8. The minimum Gasteiger partial charge on any atom is -0.481 e. The number of fused-ring (bicyclic) bond motifs is 2. The first kappa shape index (κ1) is 14.8. The summed E-state index contributed by atoms with van der Waals surface area (Å²) in [5.74, 6) is 2.92. The van der Waals surface area contributed by atoms with Gasteiger partial charge in [0, 0.05) is 12.2 Å². The van der Waals surface area contributed by atoms with E-state index in [1.54, 1.807) is 18.3 Å². The molecule has 21 heavy (non-hydrogen) atoms. The van der Waals surface area contributed by atoms with Crippen LogP contribution in [-0.4, -0.2) is 23.5 Å². The molecule has 0 radical (unpaired) electrons. The number of ether oxygens (including phenoxy) is 1. The molecule has 114 valence electrons. The molecule has 0 saturated heterocycles. The summed E-state index contributed by atoms with van der Waals surface area (Å²) in [6.45, 7) is 2.17. The van der Waals surface area contributed by atoms with Crippen molar-refractivity contribution in [3.05, 3.63) is 22.9 Å². The maximum atomic E-state index is 12.0. The minimum absolute atomic E-state index is 0.0372. The lowest BCUT2D eigenvalue weighted by atomic mass is 9.84. The summed E-state index contributed by atoms with van der Waals surface area (Å²) >= 11 is 3.31. The number of pyridine rings is 1. The van der Waals surface area contributed by atoms with Crippen molar-refractivity contribution in [2.75, 3.05) is 6.61 Å². The molecule has 1 heterocycles. The number of carbonyl (C=O) groups excluding carboxylic acids is 1. The largest absolute Gasteiger partial charge is 0.481 e. The van der Waals surface area contributed by atoms with Crippen molar-refractivity contribution >= 4 is 21.8 Å². The van der Waals surface area contributed by atoms with Gasteiger partial charge < -0.3 is 10.1 Å². The zero-order valence-corrected chi connectivity index (χ0v) is 13.8. The van der Waals surface area contributed by atoms with Gasteiger partial charge in [-0.25, -0.2) is 4.98 Å². The topological polar surface area (TPSA) is 51.2 Å². The van der Waals surface area contributed by atoms with Gasteiger partial charge in [0.15, 0.2) is 12.4 Å². The van der Waals surface area contributed by atoms with Crippen molar-refractivity contribution in [2.45, 2.75) is 38.6 Å². The minimum atomic E-state index is -0.0546. The summed E-state index contributed by atoms with van der Waals surface area (Å²) in [5.41, 5.74) is 0. The highest BCUT2D eigenvalue weighted by Crippen LogP contribution is 2.49. The molecule has 1 amide bonds. The third kappa shape index (κ3) is 3.39. The lowest BCUT2D eigenvalue weighted by Crippen LogP contribution is -2.42. The van der Waals surface area contributed by atoms with Crippen LogP contribution in [0.1, 0.15) is 32.6 Å². The van der Waals surface area contributed by atoms with Crippen LogP contribution < -0.4 is 10.1 Å². The van der Waals surface area contributed by atoms with Gasteiger partial charge in [0.25, 0.3) is 5.91 Å². The van der Waals surface area contributed by atoms with Gasteiger partial charge in [0.05, 0.1) is 0 Å². The zero-order valence-electron chi connectivity index (χ0n) is 12.2. The Balaban J connectivity index is 1.47. The van der Waals surface area contributed by atoms with Crippen molar-refractivity contribution < 1.29 is 9.53 Å². The Kier molecular flexibility index (Phi) is 4.48. The van der Waals surface area contributed by atoms with Crippen LogP contribution in [0.2, 0.25) is 0 Å². The Morgan fingerprint density at radius 3 is 3.05 bits per heavy atom. The molecule has 2 aliphatic rings. The lowest BCUT2D eigenvalue weighted by Gasteiger charge is -2.28. The summed E-state index contributed by atoms with van der Waals surface area (Å²) in [6.07, 6.45) is 7.05. The van der Waals surface area contributed by atoms with Crippen molar-refractivity contribution in [3.63, 3.8) is 0 Å². The standard InChI is InChI=1S/C16H21BrN2O2/c1-10(13-8-11-4-5-12(13)7-11)19-15(20)9-21-14-3-2-6-18-16(14)17/h2-3,6,10-13H,4-5,7-9H2,1H3,(H,19,20)/t10-,11-,12-,13+/m0/s1. The fourth-order valence-corrected chi connectivity index (χ4v) is 4.30. The Morgan fingerprint density at radius 1 is 1.52 bits per heavy atom. The fourth-order valence-electron chi connectivity index (χ4n) is 3.93. The summed E-state index contributed by atoms with van der Waals surface area (Å²) in [5, 5.41) is 3.10. The summed E-state index contributed by atoms with van der Waals surface area (Å²) in [6, 6.07) is 3.83. The molecule has 1 aromatic rings. The molecule has 2 bridgehead atoms. The van der Waals surface area contributed by atoms with Crippen LogP contribution in [-0.2, 0) is 4.79 Å². The molecule has 5 heteroatoms. The molecule has 0 aliphatic heterocycles. The van der Waals surface area contributed by atoms with Crippen molar-refractivity contribution in [1.29, 1.82) is 0 Å². The van der Waals surface area contributed by atoms with E-state index in [0.29, 0.717) is 16.3 Å². The van der Waals surface area contributed by atoms with Crippen molar-refractivity contribution in [1.82, 2.24) is 10.3 Å². The first-order valence-corrected chi connectivity index (χ1v) is 8.45. The van der Waals surface area contributed by atoms with E-state index >= 15 is 0 Å². The number of amides is 1. The maximum absolute atomic E-state index is 12.0. The lowest BCUT2D eigenvalue weighted by molar-refractivity contribution is -0.124. The maximum Gasteiger partial charge on any atom is 0.258 e. The van der Waals surface area contributed by atoms with Gasteiger partial charge in [-0.05, 0) is 72.0 Å². The van der Waals surface area contributed by atoms with Crippen LogP contribution in [0.25, 0.3) is 0 Å². The van der Waals surface area contributed by atoms with E-state index in [-0.39, 0.29) is 18.6 Å². The predicted octanol–water partition coefficient (Wildman–Crippen LogP) is 3.16. The highest BCUT2D eigenvalue weighted by molar-refractivity contribution is 9.10. The molecule has 0 unspecified atom stereocenters. The average Bonchev–Trinajstić information content (AvgIpc) is 3.09. The van der Waals surface area contributed by atoms with E-state index in [1.165, 1.54) is 25.7 Å². The second-order valence-electron chi connectivity index (χ2n) is 6.28. The molecule has 4 nitrogen and oxygen atoms in total. The van der Waals surface area contributed by atoms with Crippen LogP contribution in [0.4, 0.5) is 0 Å². The summed E-state index contributed by atoms with van der Waals surface area (Å²) < 4.78 is 6.13. The van der Waals surface area contributed by atoms with Gasteiger partial charge in [0.1, 0.15) is 4.60 Å². The molecule has 3 rings (SSSR count). The molecule has 4 atom stereocenters. The van der Waals surface area contributed by atoms with Gasteiger partial charge in [0.2, 0.25) is 0 Å². The highest BCUT2D eigenvalue weighted by Gasteiger charge is 2.42. The first-order chi connectivity index (χ1) is 10.1. The number of rotatable bonds is 5. The number of nitrogens with zero attached hydrogens (tertiary/aromatic N) is 1. The number of hydrogen-bond donors (Lipinski definition) is 1. The number of aromatic nitrogens is 1. The van der Waals surface area contributed by atoms with Crippen molar-refractivity contribution in [3.8, 4) is 5.75 Å². The Hall–Kier alpha value is -1.10. The Labute approximate surface area is 133 Å². The average molecular weight is 353 g/mol. The molecule has 0 aromatic carbocycles. The van der Waals surface area contributed by atoms with Gasteiger partial charge in [-0.15, -0.1) is 0 Å². The Morgan fingerprint density at radius 2 is 2.38 bits per heavy atom. The molecule has 2 fully saturated rings. The normalized spacial score (nSPS) is 28.4. The van der Waals surface area contributed by atoms with Gasteiger partial charge in [-0.2, -0.15) is 0 Å². The van der Waals surface area contributed by atoms with E-state index in [9.17, 15) is 4.79 Å². The van der Waals surface area contributed by atoms with E-state index in [0.717, 1.165) is 11.8 Å². The Bertz CT molecular complexity index is 523. The molecule has 1 N–H and O–H groups in total. The first-order valence-electron chi connectivity index (χ1n) is 7.66. The van der Waals surface area contributed by atoms with E-state index in [2.05, 4.69) is 33.2 Å². The van der Waals surface area contributed by atoms with Crippen molar-refractivity contribution in [2.24, 2.45) is 17.8 Å². The second-order valence-corrected chi connectivity index (χ2v) is 7.03. The second kappa shape index (κ2) is 6.34. The van der Waals surface area contributed by atoms with Gasteiger partial charge >= 0.3 is 0 Å². The molecule has 1 aromatic heterocycles. The van der Waals surface area contributed by atoms with Crippen LogP contribution >= 0.6 is 15.9 Å². The van der Waals surface area contributed by atoms with Crippen LogP contribution in [0.3, 0.4) is 0 Å². The van der Waals surface area contributed by atoms with Gasteiger partial charge in [-0.1, -0.05) is 6.42 Å². The third-order valence-corrected chi connectivity index (χ3v) is 5.50. The predicted molar refractivity (Wildman–Crippen MR) is 84.0 cm³/mol. The number of halogens is 1. The molecule has 2 saturated carbocycles. The smallest absolute Gasteiger partial charge is 0.258 e. The van der Waals surface area contributed by atoms with Crippen LogP contribution in [0, 0.1) is 17.8 Å². The fraction of sp³-hybridized carbons (Fsp3) is 0.625. The van der Waals surface area contributed by atoms with Gasteiger partial charge in [-0.3, -0.25) is 4.79 Å².